The number of hydrogen-bond donors (Lipinski definition) is 1. The van der Waals surface area contributed by atoms with Gasteiger partial charge in [0, 0.05) is 32.8 Å². The quantitative estimate of drug-likeness (QED) is 0.188. The highest BCUT2D eigenvalue weighted by Crippen LogP contribution is 2.59. The molecule has 6 rings (SSSR count). The Balaban J connectivity index is 1.32. The summed E-state index contributed by atoms with van der Waals surface area (Å²) in [7, 11) is 0. The first-order chi connectivity index (χ1) is 22.9. The number of aliphatic hydroxyl groups excluding tert-OH is 1. The zero-order valence-corrected chi connectivity index (χ0v) is 26.8. The molecule has 1 aromatic heterocycles. The van der Waals surface area contributed by atoms with Gasteiger partial charge < -0.3 is 24.5 Å². The SMILES string of the molecule is C=CCN(Cn1nnc2ccccc21)C(=O)C1N(CCCCCCO)C(=O)[C@@H]2[C@@H](C(=O)N(CC=C)Cc3ccccc3)[C@H]3CCC12O3. The van der Waals surface area contributed by atoms with Crippen LogP contribution >= 0.6 is 0 Å². The molecule has 0 radical (unpaired) electrons. The van der Waals surface area contributed by atoms with Gasteiger partial charge in [0.1, 0.15) is 23.8 Å². The van der Waals surface area contributed by atoms with E-state index >= 15 is 0 Å². The van der Waals surface area contributed by atoms with Crippen LogP contribution in [0.15, 0.2) is 79.9 Å². The molecule has 5 atom stereocenters. The highest BCUT2D eigenvalue weighted by Gasteiger charge is 2.74. The second-order valence-electron chi connectivity index (χ2n) is 12.8. The summed E-state index contributed by atoms with van der Waals surface area (Å²) in [6.45, 7) is 9.34. The van der Waals surface area contributed by atoms with Gasteiger partial charge in [-0.05, 0) is 43.4 Å². The smallest absolute Gasteiger partial charge is 0.250 e. The number of carbonyl (C=O) groups is 3. The van der Waals surface area contributed by atoms with Gasteiger partial charge in [-0.3, -0.25) is 14.4 Å². The maximum atomic E-state index is 14.8. The number of ether oxygens (including phenoxy) is 1. The van der Waals surface area contributed by atoms with Crippen molar-refractivity contribution < 1.29 is 24.2 Å². The molecular weight excluding hydrogens is 596 g/mol. The van der Waals surface area contributed by atoms with E-state index in [1.807, 2.05) is 54.6 Å². The van der Waals surface area contributed by atoms with Crippen LogP contribution in [0.2, 0.25) is 0 Å². The largest absolute Gasteiger partial charge is 0.396 e. The Labute approximate surface area is 275 Å². The maximum Gasteiger partial charge on any atom is 0.250 e. The number of amides is 3. The van der Waals surface area contributed by atoms with Crippen LogP contribution in [0.3, 0.4) is 0 Å². The lowest BCUT2D eigenvalue weighted by atomic mass is 9.70. The lowest BCUT2D eigenvalue weighted by Gasteiger charge is -2.37. The first-order valence-corrected chi connectivity index (χ1v) is 16.6. The Hall–Kier alpha value is -4.35. The van der Waals surface area contributed by atoms with E-state index in [0.717, 1.165) is 29.4 Å². The second kappa shape index (κ2) is 14.2. The third-order valence-corrected chi connectivity index (χ3v) is 9.89. The molecule has 3 aliphatic rings. The number of carbonyl (C=O) groups excluding carboxylic acids is 3. The Kier molecular flexibility index (Phi) is 9.84. The molecule has 248 valence electrons. The standard InChI is InChI=1S/C36H44N6O5/c1-3-20-39(24-26-14-8-7-9-15-26)33(44)30-29-18-19-36(47-29)31(30)34(45)41(22-12-5-6-13-23-43)32(36)35(46)40(21-4-2)25-42-28-17-11-10-16-27(28)37-38-42/h3-4,7-11,14-17,29-32,43H,1-2,5-6,12-13,18-25H2/t29-,30+,31+,32?,36?/m1/s1. The van der Waals surface area contributed by atoms with Crippen molar-refractivity contribution in [2.45, 2.75) is 69.5 Å². The van der Waals surface area contributed by atoms with Crippen molar-refractivity contribution in [3.8, 4) is 0 Å². The molecule has 0 aliphatic carbocycles. The Morgan fingerprint density at radius 1 is 0.979 bits per heavy atom. The fraction of sp³-hybridized carbons (Fsp3) is 0.472. The minimum Gasteiger partial charge on any atom is -0.396 e. The van der Waals surface area contributed by atoms with Crippen LogP contribution < -0.4 is 0 Å². The Bertz CT molecular complexity index is 1610. The molecule has 3 aliphatic heterocycles. The summed E-state index contributed by atoms with van der Waals surface area (Å²) in [5.41, 5.74) is 1.38. The second-order valence-corrected chi connectivity index (χ2v) is 12.8. The molecule has 3 fully saturated rings. The highest BCUT2D eigenvalue weighted by molar-refractivity contribution is 5.99. The van der Waals surface area contributed by atoms with Gasteiger partial charge in [0.15, 0.2) is 0 Å². The number of hydrogen-bond acceptors (Lipinski definition) is 7. The molecule has 3 saturated heterocycles. The number of unbranched alkanes of at least 4 members (excludes halogenated alkanes) is 3. The molecule has 2 aromatic carbocycles. The number of aliphatic hydroxyl groups is 1. The van der Waals surface area contributed by atoms with Gasteiger partial charge in [0.2, 0.25) is 17.7 Å². The van der Waals surface area contributed by atoms with Crippen LogP contribution in [0.5, 0.6) is 0 Å². The van der Waals surface area contributed by atoms with E-state index in [4.69, 9.17) is 4.74 Å². The van der Waals surface area contributed by atoms with Gasteiger partial charge in [0.25, 0.3) is 0 Å². The molecule has 3 aromatic rings. The molecular formula is C36H44N6O5. The third kappa shape index (κ3) is 6.09. The first kappa shape index (κ1) is 32.6. The number of rotatable bonds is 16. The van der Waals surface area contributed by atoms with Crippen molar-refractivity contribution in [3.63, 3.8) is 0 Å². The molecule has 4 heterocycles. The van der Waals surface area contributed by atoms with Crippen molar-refractivity contribution >= 4 is 28.8 Å². The van der Waals surface area contributed by atoms with Gasteiger partial charge in [0.05, 0.1) is 23.5 Å². The first-order valence-electron chi connectivity index (χ1n) is 16.6. The van der Waals surface area contributed by atoms with Crippen LogP contribution in [0.1, 0.15) is 44.1 Å². The molecule has 1 spiro atoms. The minimum absolute atomic E-state index is 0.117. The number of fused-ring (bicyclic) bond motifs is 2. The summed E-state index contributed by atoms with van der Waals surface area (Å²) in [4.78, 5) is 48.7. The number of para-hydroxylation sites is 1. The lowest BCUT2D eigenvalue weighted by molar-refractivity contribution is -0.150. The van der Waals surface area contributed by atoms with E-state index in [1.165, 1.54) is 0 Å². The van der Waals surface area contributed by atoms with E-state index in [9.17, 15) is 19.5 Å². The number of aromatic nitrogens is 3. The molecule has 11 nitrogen and oxygen atoms in total. The Morgan fingerprint density at radius 2 is 1.70 bits per heavy atom. The van der Waals surface area contributed by atoms with Crippen LogP contribution in [0.25, 0.3) is 11.0 Å². The van der Waals surface area contributed by atoms with Gasteiger partial charge in [-0.1, -0.05) is 72.7 Å². The van der Waals surface area contributed by atoms with Crippen LogP contribution in [-0.2, 0) is 32.3 Å². The van der Waals surface area contributed by atoms with E-state index in [2.05, 4.69) is 23.5 Å². The summed E-state index contributed by atoms with van der Waals surface area (Å²) >= 11 is 0. The normalized spacial score (nSPS) is 24.4. The maximum absolute atomic E-state index is 14.8. The average molecular weight is 641 g/mol. The fourth-order valence-electron chi connectivity index (χ4n) is 7.83. The zero-order valence-electron chi connectivity index (χ0n) is 26.8. The van der Waals surface area contributed by atoms with Crippen LogP contribution in [0.4, 0.5) is 0 Å². The molecule has 11 heteroatoms. The van der Waals surface area contributed by atoms with Crippen molar-refractivity contribution in [3.05, 3.63) is 85.5 Å². The number of benzene rings is 2. The summed E-state index contributed by atoms with van der Waals surface area (Å²) in [6.07, 6.45) is 7.01. The van der Waals surface area contributed by atoms with E-state index < -0.39 is 29.6 Å². The van der Waals surface area contributed by atoms with E-state index in [1.54, 1.807) is 31.5 Å². The van der Waals surface area contributed by atoms with Crippen LogP contribution in [0, 0.1) is 11.8 Å². The monoisotopic (exact) mass is 640 g/mol. The molecule has 1 N–H and O–H groups in total. The highest BCUT2D eigenvalue weighted by atomic mass is 16.5. The summed E-state index contributed by atoms with van der Waals surface area (Å²) in [6, 6.07) is 16.4. The number of likely N-dealkylation sites (tertiary alicyclic amines) is 1. The van der Waals surface area contributed by atoms with Crippen molar-refractivity contribution in [1.82, 2.24) is 29.7 Å². The molecule has 2 unspecified atom stereocenters. The summed E-state index contributed by atoms with van der Waals surface area (Å²) in [5.74, 6) is -2.06. The molecule has 3 amide bonds. The topological polar surface area (TPSA) is 121 Å². The van der Waals surface area contributed by atoms with Crippen LogP contribution in [-0.4, -0.2) is 96.5 Å². The molecule has 47 heavy (non-hydrogen) atoms. The van der Waals surface area contributed by atoms with Crippen molar-refractivity contribution in [2.24, 2.45) is 11.8 Å². The predicted octanol–water partition coefficient (Wildman–Crippen LogP) is 3.55. The zero-order chi connectivity index (χ0) is 33.0. The summed E-state index contributed by atoms with van der Waals surface area (Å²) < 4.78 is 8.41. The fourth-order valence-corrected chi connectivity index (χ4v) is 7.83. The average Bonchev–Trinajstić information content (AvgIpc) is 3.84. The minimum atomic E-state index is -1.11. The van der Waals surface area contributed by atoms with E-state index in [-0.39, 0.29) is 37.5 Å². The van der Waals surface area contributed by atoms with Gasteiger partial charge in [-0.15, -0.1) is 18.3 Å². The summed E-state index contributed by atoms with van der Waals surface area (Å²) in [5, 5.41) is 17.8. The van der Waals surface area contributed by atoms with E-state index in [0.29, 0.717) is 45.3 Å². The predicted molar refractivity (Wildman–Crippen MR) is 176 cm³/mol. The van der Waals surface area contributed by atoms with Crippen molar-refractivity contribution in [1.29, 1.82) is 0 Å². The van der Waals surface area contributed by atoms with Crippen molar-refractivity contribution in [2.75, 3.05) is 26.2 Å². The lowest BCUT2D eigenvalue weighted by Crippen LogP contribution is -2.56. The number of nitrogens with zero attached hydrogens (tertiary/aromatic N) is 6. The molecule has 2 bridgehead atoms. The van der Waals surface area contributed by atoms with Gasteiger partial charge in [-0.2, -0.15) is 0 Å². The Morgan fingerprint density at radius 3 is 2.47 bits per heavy atom. The van der Waals surface area contributed by atoms with Gasteiger partial charge in [-0.25, -0.2) is 4.68 Å². The third-order valence-electron chi connectivity index (χ3n) is 9.89. The van der Waals surface area contributed by atoms with Gasteiger partial charge >= 0.3 is 0 Å². The molecule has 0 saturated carbocycles.